The molecule has 0 bridgehead atoms. The van der Waals surface area contributed by atoms with Gasteiger partial charge in [-0.3, -0.25) is 0 Å². The molecule has 1 fully saturated rings. The van der Waals surface area contributed by atoms with Crippen LogP contribution in [0.2, 0.25) is 18.1 Å². The molecule has 0 aromatic rings. The van der Waals surface area contributed by atoms with Crippen LogP contribution in [0.3, 0.4) is 0 Å². The van der Waals surface area contributed by atoms with Gasteiger partial charge in [-0.1, -0.05) is 56.0 Å². The lowest BCUT2D eigenvalue weighted by molar-refractivity contribution is 0.0536. The van der Waals surface area contributed by atoms with Crippen LogP contribution in [0.4, 0.5) is 0 Å². The van der Waals surface area contributed by atoms with Crippen LogP contribution in [0.5, 0.6) is 0 Å². The van der Waals surface area contributed by atoms with Crippen molar-refractivity contribution >= 4 is 109 Å². The summed E-state index contributed by atoms with van der Waals surface area (Å²) in [5, 5.41) is 0. The van der Waals surface area contributed by atoms with Gasteiger partial charge in [-0.05, 0) is 158 Å². The minimum absolute atomic E-state index is 0.345. The molecule has 20 heteroatoms. The van der Waals surface area contributed by atoms with E-state index in [0.29, 0.717) is 70.8 Å². The van der Waals surface area contributed by atoms with Gasteiger partial charge in [-0.15, -0.1) is 0 Å². The second-order valence-electron chi connectivity index (χ2n) is 13.1. The van der Waals surface area contributed by atoms with Crippen molar-refractivity contribution in [1.82, 2.24) is 0 Å². The van der Waals surface area contributed by atoms with Crippen molar-refractivity contribution in [1.29, 1.82) is 0 Å². The Hall–Kier alpha value is 3.09. The van der Waals surface area contributed by atoms with E-state index in [-0.39, 0.29) is 0 Å². The fraction of sp³-hybridized carbons (Fsp3) is 1.00. The van der Waals surface area contributed by atoms with Crippen LogP contribution >= 0.6 is 82.5 Å². The van der Waals surface area contributed by atoms with Gasteiger partial charge in [0.15, 0.2) is 0 Å². The van der Waals surface area contributed by atoms with Crippen LogP contribution in [0.25, 0.3) is 0 Å². The molecule has 0 aromatic heterocycles. The molecular formula is C36H78O9S8Si3. The van der Waals surface area contributed by atoms with Gasteiger partial charge in [0.1, 0.15) is 0 Å². The Bertz CT molecular complexity index is 822. The molecule has 0 N–H and O–H groups in total. The highest BCUT2D eigenvalue weighted by atomic mass is 33.7. The zero-order chi connectivity index (χ0) is 41.3. The normalized spacial score (nSPS) is 16.6. The molecule has 0 spiro atoms. The summed E-state index contributed by atoms with van der Waals surface area (Å²) in [7, 11) is 7.87. The van der Waals surface area contributed by atoms with E-state index >= 15 is 0 Å². The SMILES string of the molecule is CCO[Si](CCCSSSSCCC1(CCSSSSCCC[Si](OCC)(OCC)OCC)CCCCC1CC[Si](OCC)(OCC)OCC)(OCC)OCC. The summed E-state index contributed by atoms with van der Waals surface area (Å²) < 4.78 is 55.2. The molecule has 0 saturated heterocycles. The Morgan fingerprint density at radius 2 is 0.750 bits per heavy atom. The summed E-state index contributed by atoms with van der Waals surface area (Å²) in [5.74, 6) is 5.15. The Labute approximate surface area is 377 Å². The molecule has 9 nitrogen and oxygen atoms in total. The first-order chi connectivity index (χ1) is 27.3. The van der Waals surface area contributed by atoms with E-state index in [1.54, 1.807) is 0 Å². The van der Waals surface area contributed by atoms with E-state index in [1.165, 1.54) is 50.0 Å². The number of rotatable bonds is 41. The molecule has 0 aromatic carbocycles. The van der Waals surface area contributed by atoms with Gasteiger partial charge >= 0.3 is 26.4 Å². The quantitative estimate of drug-likeness (QED) is 0.0331. The second-order valence-corrected chi connectivity index (χ2v) is 33.7. The Morgan fingerprint density at radius 1 is 0.429 bits per heavy atom. The zero-order valence-electron chi connectivity index (χ0n) is 36.2. The molecule has 0 aliphatic heterocycles. The van der Waals surface area contributed by atoms with Crippen LogP contribution in [0.15, 0.2) is 0 Å². The highest BCUT2D eigenvalue weighted by molar-refractivity contribution is 9.26. The fourth-order valence-corrected chi connectivity index (χ4v) is 28.3. The maximum atomic E-state index is 6.32. The summed E-state index contributed by atoms with van der Waals surface area (Å²) in [4.78, 5) is 0. The fourth-order valence-electron chi connectivity index (χ4n) is 7.37. The zero-order valence-corrected chi connectivity index (χ0v) is 45.7. The predicted octanol–water partition coefficient (Wildman–Crippen LogP) is 13.6. The summed E-state index contributed by atoms with van der Waals surface area (Å²) in [6.07, 6.45) is 11.0. The molecule has 1 atom stereocenters. The van der Waals surface area contributed by atoms with E-state index in [4.69, 9.17) is 39.8 Å². The highest BCUT2D eigenvalue weighted by Gasteiger charge is 2.45. The van der Waals surface area contributed by atoms with Crippen molar-refractivity contribution in [3.63, 3.8) is 0 Å². The first kappa shape index (κ1) is 57.1. The average molecular weight is 996 g/mol. The van der Waals surface area contributed by atoms with Crippen molar-refractivity contribution < 1.29 is 39.8 Å². The molecule has 1 unspecified atom stereocenters. The molecule has 0 heterocycles. The minimum Gasteiger partial charge on any atom is -0.374 e. The van der Waals surface area contributed by atoms with E-state index in [2.05, 4.69) is 20.8 Å². The third-order valence-electron chi connectivity index (χ3n) is 9.46. The summed E-state index contributed by atoms with van der Waals surface area (Å²) in [5.41, 5.74) is 0.345. The largest absolute Gasteiger partial charge is 0.500 e. The van der Waals surface area contributed by atoms with E-state index < -0.39 is 26.4 Å². The summed E-state index contributed by atoms with van der Waals surface area (Å²) in [6, 6.07) is 2.67. The maximum absolute atomic E-state index is 6.32. The van der Waals surface area contributed by atoms with Gasteiger partial charge in [0, 0.05) is 101 Å². The third kappa shape index (κ3) is 23.7. The van der Waals surface area contributed by atoms with Crippen LogP contribution < -0.4 is 0 Å². The Kier molecular flexibility index (Phi) is 37.2. The van der Waals surface area contributed by atoms with Crippen molar-refractivity contribution in [2.45, 2.75) is 138 Å². The monoisotopic (exact) mass is 994 g/mol. The molecular weight excluding hydrogens is 917 g/mol. The van der Waals surface area contributed by atoms with Crippen LogP contribution in [-0.4, -0.2) is 109 Å². The van der Waals surface area contributed by atoms with E-state index in [0.717, 1.165) is 48.9 Å². The first-order valence-corrected chi connectivity index (χ1v) is 37.3. The van der Waals surface area contributed by atoms with Crippen LogP contribution in [0.1, 0.15) is 120 Å². The van der Waals surface area contributed by atoms with Crippen LogP contribution in [-0.2, 0) is 39.8 Å². The lowest BCUT2D eigenvalue weighted by Gasteiger charge is -2.45. The molecule has 0 radical (unpaired) electrons. The van der Waals surface area contributed by atoms with E-state index in [1.807, 2.05) is 124 Å². The lowest BCUT2D eigenvalue weighted by Crippen LogP contribution is -2.47. The second kappa shape index (κ2) is 36.4. The first-order valence-electron chi connectivity index (χ1n) is 21.2. The van der Waals surface area contributed by atoms with Crippen molar-refractivity contribution in [2.75, 3.05) is 82.5 Å². The van der Waals surface area contributed by atoms with Crippen molar-refractivity contribution in [3.05, 3.63) is 0 Å². The van der Waals surface area contributed by atoms with Crippen LogP contribution in [0, 0.1) is 11.3 Å². The Balaban J connectivity index is 2.75. The molecule has 336 valence electrons. The van der Waals surface area contributed by atoms with Gasteiger partial charge in [-0.2, -0.15) is 0 Å². The van der Waals surface area contributed by atoms with Gasteiger partial charge in [0.2, 0.25) is 0 Å². The average Bonchev–Trinajstić information content (AvgIpc) is 3.17. The minimum atomic E-state index is -2.69. The molecule has 1 aliphatic carbocycles. The molecule has 1 rings (SSSR count). The smallest absolute Gasteiger partial charge is 0.374 e. The van der Waals surface area contributed by atoms with Gasteiger partial charge in [0.05, 0.1) is 0 Å². The van der Waals surface area contributed by atoms with Crippen molar-refractivity contribution in [2.24, 2.45) is 11.3 Å². The van der Waals surface area contributed by atoms with Gasteiger partial charge in [-0.25, -0.2) is 0 Å². The molecule has 1 aliphatic rings. The lowest BCUT2D eigenvalue weighted by atomic mass is 9.62. The third-order valence-corrected chi connectivity index (χ3v) is 31.9. The molecule has 56 heavy (non-hydrogen) atoms. The number of hydrogen-bond donors (Lipinski definition) is 0. The predicted molar refractivity (Wildman–Crippen MR) is 264 cm³/mol. The standard InChI is InChI=1S/C36H78O9S8Si3/c1-10-37-54(38-11-2,39-12-3)32-21-28-46-50-52-48-30-26-36(25-20-19-23-35(36)24-34-56(43-16-7,44-17-8)45-18-9)27-31-49-53-51-47-29-22-33-55(40-13-4,41-14-5)42-15-6/h35H,10-34H2,1-9H3. The summed E-state index contributed by atoms with van der Waals surface area (Å²) >= 11 is 0. The van der Waals surface area contributed by atoms with Gasteiger partial charge < -0.3 is 39.8 Å². The topological polar surface area (TPSA) is 83.1 Å². The molecule has 1 saturated carbocycles. The molecule has 0 amide bonds. The summed E-state index contributed by atoms with van der Waals surface area (Å²) in [6.45, 7) is 24.1. The van der Waals surface area contributed by atoms with Gasteiger partial charge in [0.25, 0.3) is 0 Å². The van der Waals surface area contributed by atoms with Crippen molar-refractivity contribution in [3.8, 4) is 0 Å². The van der Waals surface area contributed by atoms with E-state index in [9.17, 15) is 0 Å². The Morgan fingerprint density at radius 3 is 1.09 bits per heavy atom. The number of hydrogen-bond acceptors (Lipinski definition) is 17. The maximum Gasteiger partial charge on any atom is 0.500 e. The highest BCUT2D eigenvalue weighted by Crippen LogP contribution is 2.53.